The van der Waals surface area contributed by atoms with Crippen LogP contribution in [0.3, 0.4) is 0 Å². The fourth-order valence-corrected chi connectivity index (χ4v) is 4.09. The van der Waals surface area contributed by atoms with Gasteiger partial charge in [-0.1, -0.05) is 6.08 Å². The molecule has 4 heterocycles. The third-order valence-corrected chi connectivity index (χ3v) is 5.95. The Kier molecular flexibility index (Phi) is 6.65. The number of pyridine rings is 3. The molecule has 0 unspecified atom stereocenters. The van der Waals surface area contributed by atoms with E-state index in [4.69, 9.17) is 14.2 Å². The first-order valence-corrected chi connectivity index (χ1v) is 11.5. The molecular formula is C27H23FN4O5. The average molecular weight is 503 g/mol. The van der Waals surface area contributed by atoms with Crippen LogP contribution < -0.4 is 20.2 Å². The quantitative estimate of drug-likeness (QED) is 0.395. The average Bonchev–Trinajstić information content (AvgIpc) is 2.90. The van der Waals surface area contributed by atoms with Gasteiger partial charge in [0.15, 0.2) is 17.3 Å². The Bertz CT molecular complexity index is 1600. The van der Waals surface area contributed by atoms with Gasteiger partial charge in [-0.3, -0.25) is 14.6 Å². The third kappa shape index (κ3) is 4.91. The summed E-state index contributed by atoms with van der Waals surface area (Å²) in [6, 6.07) is 8.94. The van der Waals surface area contributed by atoms with Crippen molar-refractivity contribution >= 4 is 28.2 Å². The number of amides is 1. The number of methoxy groups -OCH3 is 1. The van der Waals surface area contributed by atoms with Gasteiger partial charge in [0, 0.05) is 47.5 Å². The monoisotopic (exact) mass is 502 g/mol. The van der Waals surface area contributed by atoms with Gasteiger partial charge in [0.2, 0.25) is 11.3 Å². The Balaban J connectivity index is 1.38. The summed E-state index contributed by atoms with van der Waals surface area (Å²) >= 11 is 0. The molecule has 1 aromatic carbocycles. The second-order valence-electron chi connectivity index (χ2n) is 8.32. The number of carbonyl (C=O) groups excluding carboxylic acids is 1. The van der Waals surface area contributed by atoms with Crippen molar-refractivity contribution in [1.29, 1.82) is 0 Å². The number of nitrogens with one attached hydrogen (secondary N) is 2. The van der Waals surface area contributed by atoms with Crippen LogP contribution in [0.15, 0.2) is 59.7 Å². The molecule has 188 valence electrons. The number of anilines is 1. The molecule has 9 nitrogen and oxygen atoms in total. The van der Waals surface area contributed by atoms with Crippen molar-refractivity contribution in [2.45, 2.75) is 13.3 Å². The minimum Gasteiger partial charge on any atom is -0.481 e. The molecule has 0 saturated carbocycles. The summed E-state index contributed by atoms with van der Waals surface area (Å²) in [4.78, 5) is 37.6. The Labute approximate surface area is 210 Å². The maximum Gasteiger partial charge on any atom is 0.261 e. The summed E-state index contributed by atoms with van der Waals surface area (Å²) < 4.78 is 31.2. The molecule has 37 heavy (non-hydrogen) atoms. The van der Waals surface area contributed by atoms with Gasteiger partial charge in [0.05, 0.1) is 25.8 Å². The first-order chi connectivity index (χ1) is 17.9. The lowest BCUT2D eigenvalue weighted by atomic mass is 9.98. The van der Waals surface area contributed by atoms with Crippen LogP contribution in [0.4, 0.5) is 10.1 Å². The molecular weight excluding hydrogens is 479 g/mol. The van der Waals surface area contributed by atoms with E-state index in [0.717, 1.165) is 11.6 Å². The predicted molar refractivity (Wildman–Crippen MR) is 136 cm³/mol. The topological polar surface area (TPSA) is 115 Å². The lowest BCUT2D eigenvalue weighted by molar-refractivity contribution is 0.102. The first kappa shape index (κ1) is 24.1. The number of ether oxygens (including phenoxy) is 3. The molecule has 2 N–H and O–H groups in total. The zero-order valence-corrected chi connectivity index (χ0v) is 20.1. The van der Waals surface area contributed by atoms with E-state index in [1.54, 1.807) is 25.1 Å². The van der Waals surface area contributed by atoms with Gasteiger partial charge in [-0.25, -0.2) is 9.37 Å². The molecule has 1 aliphatic heterocycles. The Morgan fingerprint density at radius 2 is 2.05 bits per heavy atom. The number of hydrogen-bond acceptors (Lipinski definition) is 7. The molecule has 1 amide bonds. The number of nitrogens with zero attached hydrogens (tertiary/aromatic N) is 2. The summed E-state index contributed by atoms with van der Waals surface area (Å²) in [6.45, 7) is 2.70. The van der Waals surface area contributed by atoms with E-state index in [0.29, 0.717) is 53.6 Å². The number of H-pyrrole nitrogens is 1. The van der Waals surface area contributed by atoms with Crippen molar-refractivity contribution in [3.8, 4) is 17.4 Å². The van der Waals surface area contributed by atoms with Crippen LogP contribution >= 0.6 is 0 Å². The lowest BCUT2D eigenvalue weighted by Crippen LogP contribution is -2.26. The van der Waals surface area contributed by atoms with Crippen LogP contribution in [-0.2, 0) is 4.74 Å². The third-order valence-electron chi connectivity index (χ3n) is 5.95. The van der Waals surface area contributed by atoms with Crippen molar-refractivity contribution < 1.29 is 23.4 Å². The second kappa shape index (κ2) is 10.2. The van der Waals surface area contributed by atoms with E-state index in [1.807, 2.05) is 6.08 Å². The normalized spacial score (nSPS) is 13.2. The van der Waals surface area contributed by atoms with Crippen molar-refractivity contribution in [2.75, 3.05) is 25.6 Å². The zero-order valence-electron chi connectivity index (χ0n) is 20.1. The van der Waals surface area contributed by atoms with Crippen LogP contribution in [0.5, 0.6) is 17.4 Å². The number of benzene rings is 1. The van der Waals surface area contributed by atoms with Gasteiger partial charge < -0.3 is 24.5 Å². The molecule has 0 bridgehead atoms. The van der Waals surface area contributed by atoms with E-state index in [1.165, 1.54) is 31.6 Å². The molecule has 0 radical (unpaired) electrons. The number of fused-ring (bicyclic) bond motifs is 1. The van der Waals surface area contributed by atoms with Gasteiger partial charge in [0.1, 0.15) is 11.1 Å². The number of hydrogen-bond donors (Lipinski definition) is 2. The maximum absolute atomic E-state index is 14.9. The second-order valence-corrected chi connectivity index (χ2v) is 8.32. The summed E-state index contributed by atoms with van der Waals surface area (Å²) in [5.74, 6) is -0.778. The smallest absolute Gasteiger partial charge is 0.261 e. The van der Waals surface area contributed by atoms with Crippen LogP contribution in [0.25, 0.3) is 16.6 Å². The number of carbonyl (C=O) groups is 1. The van der Waals surface area contributed by atoms with Gasteiger partial charge in [-0.15, -0.1) is 0 Å². The van der Waals surface area contributed by atoms with Gasteiger partial charge in [-0.2, -0.15) is 0 Å². The van der Waals surface area contributed by atoms with Gasteiger partial charge >= 0.3 is 0 Å². The summed E-state index contributed by atoms with van der Waals surface area (Å²) in [5, 5.41) is 2.59. The van der Waals surface area contributed by atoms with Crippen LogP contribution in [0, 0.1) is 12.7 Å². The van der Waals surface area contributed by atoms with Gasteiger partial charge in [0.25, 0.3) is 5.91 Å². The number of aryl methyl sites for hydroxylation is 1. The number of aromatic nitrogens is 3. The summed E-state index contributed by atoms with van der Waals surface area (Å²) in [5.41, 5.74) is 2.63. The van der Waals surface area contributed by atoms with Crippen LogP contribution in [-0.4, -0.2) is 41.2 Å². The largest absolute Gasteiger partial charge is 0.481 e. The highest BCUT2D eigenvalue weighted by Gasteiger charge is 2.20. The predicted octanol–water partition coefficient (Wildman–Crippen LogP) is 4.62. The van der Waals surface area contributed by atoms with E-state index in [2.05, 4.69) is 20.3 Å². The summed E-state index contributed by atoms with van der Waals surface area (Å²) in [7, 11) is 1.49. The van der Waals surface area contributed by atoms with E-state index >= 15 is 0 Å². The van der Waals surface area contributed by atoms with E-state index < -0.39 is 17.2 Å². The molecule has 0 atom stereocenters. The Morgan fingerprint density at radius 3 is 2.81 bits per heavy atom. The fraction of sp³-hybridized carbons (Fsp3) is 0.185. The van der Waals surface area contributed by atoms with Crippen LogP contribution in [0.1, 0.15) is 28.0 Å². The first-order valence-electron chi connectivity index (χ1n) is 11.5. The number of aromatic amines is 1. The van der Waals surface area contributed by atoms with E-state index in [-0.39, 0.29) is 17.0 Å². The maximum atomic E-state index is 14.9. The molecule has 4 aromatic rings. The Hall–Kier alpha value is -4.57. The van der Waals surface area contributed by atoms with Crippen molar-refractivity contribution in [3.63, 3.8) is 0 Å². The molecule has 1 aliphatic rings. The molecule has 0 spiro atoms. The van der Waals surface area contributed by atoms with Crippen molar-refractivity contribution in [2.24, 2.45) is 0 Å². The molecule has 0 saturated heterocycles. The van der Waals surface area contributed by atoms with Crippen molar-refractivity contribution in [1.82, 2.24) is 15.0 Å². The standard InChI is InChI=1S/C27H23FN4O5/c1-15-24(16-8-11-36-12-9-16)26(33)18(14-30-15)27(34)31-17-3-5-21(19(28)13-17)37-22-7-10-29-20-4-6-23(35-2)32-25(20)22/h3-8,10,13-14H,9,11-12H2,1-2H3,(H,30,33)(H,31,34). The van der Waals surface area contributed by atoms with Crippen molar-refractivity contribution in [3.05, 3.63) is 87.7 Å². The van der Waals surface area contributed by atoms with E-state index in [9.17, 15) is 14.0 Å². The lowest BCUT2D eigenvalue weighted by Gasteiger charge is -2.16. The SMILES string of the molecule is COc1ccc2nccc(Oc3ccc(NC(=O)c4c[nH]c(C)c(C5=CCOCC5)c4=O)cc3F)c2n1. The number of rotatable bonds is 6. The molecule has 5 rings (SSSR count). The molecule has 0 aliphatic carbocycles. The number of halogens is 1. The van der Waals surface area contributed by atoms with Gasteiger partial charge in [-0.05, 0) is 37.1 Å². The molecule has 3 aromatic heterocycles. The van der Waals surface area contributed by atoms with Crippen LogP contribution in [0.2, 0.25) is 0 Å². The highest BCUT2D eigenvalue weighted by molar-refractivity contribution is 6.04. The molecule has 0 fully saturated rings. The molecule has 10 heteroatoms. The highest BCUT2D eigenvalue weighted by atomic mass is 19.1. The fourth-order valence-electron chi connectivity index (χ4n) is 4.09. The Morgan fingerprint density at radius 1 is 1.19 bits per heavy atom. The minimum absolute atomic E-state index is 0.0722. The minimum atomic E-state index is -0.712. The zero-order chi connectivity index (χ0) is 25.9. The highest BCUT2D eigenvalue weighted by Crippen LogP contribution is 2.31. The summed E-state index contributed by atoms with van der Waals surface area (Å²) in [6.07, 6.45) is 5.31.